The van der Waals surface area contributed by atoms with Gasteiger partial charge in [0.15, 0.2) is 0 Å². The lowest BCUT2D eigenvalue weighted by molar-refractivity contribution is 1.12. The topological polar surface area (TPSA) is 66.8 Å². The van der Waals surface area contributed by atoms with Crippen molar-refractivity contribution in [1.82, 2.24) is 20.9 Å². The largest absolute Gasteiger partial charge is 0.353 e. The summed E-state index contributed by atoms with van der Waals surface area (Å²) in [5, 5.41) is 9.37. The van der Waals surface area contributed by atoms with E-state index in [0.717, 1.165) is 33.2 Å². The van der Waals surface area contributed by atoms with Gasteiger partial charge in [0.2, 0.25) is 0 Å². The minimum absolute atomic E-state index is 0.242. The molecule has 2 aromatic heterocycles. The molecule has 2 radical (unpaired) electrons. The van der Waals surface area contributed by atoms with Gasteiger partial charge in [-0.05, 0) is 30.3 Å². The van der Waals surface area contributed by atoms with E-state index in [2.05, 4.69) is 27.3 Å². The zero-order chi connectivity index (χ0) is 12.8. The van der Waals surface area contributed by atoms with Crippen LogP contribution in [0.25, 0.3) is 33.2 Å². The molecule has 0 atom stereocenters. The second-order valence-electron chi connectivity index (χ2n) is 4.57. The fraction of sp³-hybridized carbons (Fsp3) is 0. The predicted octanol–water partition coefficient (Wildman–Crippen LogP) is 3.41. The van der Waals surface area contributed by atoms with Crippen molar-refractivity contribution in [3.8, 4) is 11.4 Å². The number of aromatic nitrogens is 3. The SMILES string of the molecule is [N]c1ccc2[nH]nc(-c3cc4ccccc4[nH]3)c2c1. The second kappa shape index (κ2) is 3.62. The lowest BCUT2D eigenvalue weighted by atomic mass is 10.1. The molecule has 19 heavy (non-hydrogen) atoms. The molecule has 0 fully saturated rings. The van der Waals surface area contributed by atoms with E-state index in [-0.39, 0.29) is 5.69 Å². The van der Waals surface area contributed by atoms with Crippen molar-refractivity contribution < 1.29 is 0 Å². The number of nitrogens with zero attached hydrogens (tertiary/aromatic N) is 2. The zero-order valence-electron chi connectivity index (χ0n) is 10.0. The van der Waals surface area contributed by atoms with E-state index >= 15 is 0 Å². The molecule has 0 aliphatic heterocycles. The van der Waals surface area contributed by atoms with Gasteiger partial charge in [-0.1, -0.05) is 18.2 Å². The van der Waals surface area contributed by atoms with E-state index in [0.29, 0.717) is 0 Å². The summed E-state index contributed by atoms with van der Waals surface area (Å²) in [5.41, 5.74) is 13.6. The van der Waals surface area contributed by atoms with Crippen molar-refractivity contribution in [1.29, 1.82) is 0 Å². The van der Waals surface area contributed by atoms with Gasteiger partial charge in [0, 0.05) is 16.3 Å². The minimum atomic E-state index is 0.242. The molecule has 0 aliphatic carbocycles. The highest BCUT2D eigenvalue weighted by Gasteiger charge is 2.11. The van der Waals surface area contributed by atoms with Crippen molar-refractivity contribution in [2.24, 2.45) is 0 Å². The van der Waals surface area contributed by atoms with Crippen LogP contribution in [0.1, 0.15) is 0 Å². The van der Waals surface area contributed by atoms with Crippen molar-refractivity contribution >= 4 is 27.5 Å². The number of hydrogen-bond acceptors (Lipinski definition) is 1. The van der Waals surface area contributed by atoms with Crippen LogP contribution < -0.4 is 5.73 Å². The molecule has 0 amide bonds. The third-order valence-corrected chi connectivity index (χ3v) is 3.33. The molecule has 0 aliphatic rings. The van der Waals surface area contributed by atoms with Gasteiger partial charge in [-0.3, -0.25) is 5.10 Å². The maximum Gasteiger partial charge on any atom is 0.116 e. The first-order valence-electron chi connectivity index (χ1n) is 6.06. The van der Waals surface area contributed by atoms with Crippen LogP contribution in [0.4, 0.5) is 5.69 Å². The summed E-state index contributed by atoms with van der Waals surface area (Å²) in [4.78, 5) is 3.35. The number of fused-ring (bicyclic) bond motifs is 2. The first-order chi connectivity index (χ1) is 9.31. The molecule has 4 heteroatoms. The van der Waals surface area contributed by atoms with Crippen LogP contribution in [0.5, 0.6) is 0 Å². The molecule has 0 bridgehead atoms. The van der Waals surface area contributed by atoms with Gasteiger partial charge in [-0.25, -0.2) is 0 Å². The maximum atomic E-state index is 9.61. The summed E-state index contributed by atoms with van der Waals surface area (Å²) in [6, 6.07) is 15.4. The van der Waals surface area contributed by atoms with Gasteiger partial charge in [0.25, 0.3) is 0 Å². The Balaban J connectivity index is 2.00. The van der Waals surface area contributed by atoms with Crippen LogP contribution in [-0.4, -0.2) is 15.2 Å². The number of aromatic amines is 2. The van der Waals surface area contributed by atoms with Crippen LogP contribution in [0.2, 0.25) is 0 Å². The molecule has 90 valence electrons. The Morgan fingerprint density at radius 2 is 1.84 bits per heavy atom. The second-order valence-corrected chi connectivity index (χ2v) is 4.57. The van der Waals surface area contributed by atoms with Gasteiger partial charge in [0.05, 0.1) is 16.9 Å². The van der Waals surface area contributed by atoms with Crippen molar-refractivity contribution in [2.45, 2.75) is 0 Å². The maximum absolute atomic E-state index is 9.61. The standard InChI is InChI=1S/C15H10N4/c16-10-5-6-13-11(8-10)15(19-18-13)14-7-9-3-1-2-4-12(9)17-14/h1-8,17H,(H,18,19). The number of rotatable bonds is 1. The monoisotopic (exact) mass is 246 g/mol. The van der Waals surface area contributed by atoms with E-state index < -0.39 is 0 Å². The molecule has 2 N–H and O–H groups in total. The Kier molecular flexibility index (Phi) is 1.94. The Morgan fingerprint density at radius 1 is 0.947 bits per heavy atom. The third-order valence-electron chi connectivity index (χ3n) is 3.33. The van der Waals surface area contributed by atoms with E-state index in [9.17, 15) is 5.73 Å². The minimum Gasteiger partial charge on any atom is -0.353 e. The highest BCUT2D eigenvalue weighted by Crippen LogP contribution is 2.29. The highest BCUT2D eigenvalue weighted by molar-refractivity contribution is 5.96. The van der Waals surface area contributed by atoms with Gasteiger partial charge in [-0.15, -0.1) is 0 Å². The first kappa shape index (κ1) is 10.2. The van der Waals surface area contributed by atoms with Crippen LogP contribution in [0.3, 0.4) is 0 Å². The molecule has 4 aromatic rings. The number of hydrogen-bond donors (Lipinski definition) is 2. The van der Waals surface area contributed by atoms with Crippen molar-refractivity contribution in [2.75, 3.05) is 0 Å². The summed E-state index contributed by atoms with van der Waals surface area (Å²) >= 11 is 0. The first-order valence-corrected chi connectivity index (χ1v) is 6.06. The molecular formula is C15H10N4. The summed E-state index contributed by atoms with van der Waals surface area (Å²) in [6.07, 6.45) is 0. The summed E-state index contributed by atoms with van der Waals surface area (Å²) in [5.74, 6) is 0. The number of H-pyrrole nitrogens is 2. The van der Waals surface area contributed by atoms with Crippen LogP contribution in [0.15, 0.2) is 48.5 Å². The average Bonchev–Trinajstić information content (AvgIpc) is 3.00. The molecule has 2 heterocycles. The van der Waals surface area contributed by atoms with Gasteiger partial charge < -0.3 is 4.98 Å². The number of para-hydroxylation sites is 1. The molecule has 4 nitrogen and oxygen atoms in total. The fourth-order valence-corrected chi connectivity index (χ4v) is 2.41. The molecule has 4 rings (SSSR count). The Morgan fingerprint density at radius 3 is 2.74 bits per heavy atom. The smallest absolute Gasteiger partial charge is 0.116 e. The summed E-state index contributed by atoms with van der Waals surface area (Å²) in [7, 11) is 0. The van der Waals surface area contributed by atoms with Crippen molar-refractivity contribution in [3.63, 3.8) is 0 Å². The number of benzene rings is 2. The van der Waals surface area contributed by atoms with Gasteiger partial charge >= 0.3 is 0 Å². The molecule has 0 saturated carbocycles. The molecule has 0 unspecified atom stereocenters. The molecule has 2 aromatic carbocycles. The van der Waals surface area contributed by atoms with Crippen LogP contribution in [0, 0.1) is 0 Å². The van der Waals surface area contributed by atoms with Gasteiger partial charge in [-0.2, -0.15) is 10.8 Å². The molecular weight excluding hydrogens is 236 g/mol. The fourth-order valence-electron chi connectivity index (χ4n) is 2.41. The average molecular weight is 246 g/mol. The third kappa shape index (κ3) is 1.50. The highest BCUT2D eigenvalue weighted by atomic mass is 15.1. The lowest BCUT2D eigenvalue weighted by Gasteiger charge is -1.94. The zero-order valence-corrected chi connectivity index (χ0v) is 10.0. The van der Waals surface area contributed by atoms with Gasteiger partial charge in [0.1, 0.15) is 5.69 Å². The van der Waals surface area contributed by atoms with E-state index in [1.165, 1.54) is 0 Å². The predicted molar refractivity (Wildman–Crippen MR) is 75.2 cm³/mol. The van der Waals surface area contributed by atoms with Crippen molar-refractivity contribution in [3.05, 3.63) is 48.5 Å². The van der Waals surface area contributed by atoms with E-state index in [1.54, 1.807) is 12.1 Å². The lowest BCUT2D eigenvalue weighted by Crippen LogP contribution is -1.78. The quantitative estimate of drug-likeness (QED) is 0.531. The van der Waals surface area contributed by atoms with E-state index in [4.69, 9.17) is 0 Å². The molecule has 0 spiro atoms. The normalized spacial score (nSPS) is 11.4. The Hall–Kier alpha value is -2.75. The molecule has 0 saturated heterocycles. The summed E-state index contributed by atoms with van der Waals surface area (Å²) < 4.78 is 0. The Bertz CT molecular complexity index is 852. The number of nitrogens with one attached hydrogen (secondary N) is 2. The van der Waals surface area contributed by atoms with Crippen LogP contribution >= 0.6 is 0 Å². The van der Waals surface area contributed by atoms with Crippen LogP contribution in [-0.2, 0) is 0 Å². The Labute approximate surface area is 109 Å². The summed E-state index contributed by atoms with van der Waals surface area (Å²) in [6.45, 7) is 0. The van der Waals surface area contributed by atoms with E-state index in [1.807, 2.05) is 24.3 Å².